The summed E-state index contributed by atoms with van der Waals surface area (Å²) in [6.07, 6.45) is 5.92. The zero-order valence-corrected chi connectivity index (χ0v) is 10.9. The predicted molar refractivity (Wildman–Crippen MR) is 71.8 cm³/mol. The molecule has 17 heavy (non-hydrogen) atoms. The molecule has 0 aromatic heterocycles. The summed E-state index contributed by atoms with van der Waals surface area (Å²) in [4.78, 5) is 16.1. The largest absolute Gasteiger partial charge is 0.342 e. The molecule has 0 spiro atoms. The van der Waals surface area contributed by atoms with Crippen molar-refractivity contribution < 1.29 is 4.79 Å². The molecule has 0 aromatic rings. The Morgan fingerprint density at radius 1 is 1.29 bits per heavy atom. The minimum Gasteiger partial charge on any atom is -0.342 e. The number of carbonyl (C=O) groups excluding carboxylic acids is 1. The number of carbonyl (C=O) groups is 1. The second kappa shape index (κ2) is 7.28. The number of piperidine rings is 1. The molecular formula is C14H24N2O. The molecule has 1 aliphatic rings. The van der Waals surface area contributed by atoms with Crippen molar-refractivity contribution in [2.75, 3.05) is 32.7 Å². The van der Waals surface area contributed by atoms with Crippen molar-refractivity contribution in [3.63, 3.8) is 0 Å². The number of hydrogen-bond acceptors (Lipinski definition) is 2. The molecular weight excluding hydrogens is 212 g/mol. The zero-order chi connectivity index (χ0) is 12.7. The van der Waals surface area contributed by atoms with E-state index in [1.54, 1.807) is 0 Å². The van der Waals surface area contributed by atoms with E-state index < -0.39 is 0 Å². The lowest BCUT2D eigenvalue weighted by Gasteiger charge is -2.32. The van der Waals surface area contributed by atoms with Gasteiger partial charge in [0.25, 0.3) is 0 Å². The molecule has 1 rings (SSSR count). The van der Waals surface area contributed by atoms with Crippen molar-refractivity contribution in [3.05, 3.63) is 25.3 Å². The van der Waals surface area contributed by atoms with E-state index in [0.29, 0.717) is 6.54 Å². The summed E-state index contributed by atoms with van der Waals surface area (Å²) in [5, 5.41) is 0. The molecule has 96 valence electrons. The van der Waals surface area contributed by atoms with Crippen LogP contribution in [0.2, 0.25) is 0 Å². The van der Waals surface area contributed by atoms with Crippen molar-refractivity contribution >= 4 is 5.91 Å². The van der Waals surface area contributed by atoms with Gasteiger partial charge >= 0.3 is 0 Å². The number of rotatable bonds is 6. The van der Waals surface area contributed by atoms with Gasteiger partial charge in [-0.1, -0.05) is 19.1 Å². The van der Waals surface area contributed by atoms with Crippen LogP contribution in [0.15, 0.2) is 25.3 Å². The van der Waals surface area contributed by atoms with Crippen LogP contribution in [0.1, 0.15) is 19.8 Å². The van der Waals surface area contributed by atoms with Gasteiger partial charge in [-0.05, 0) is 18.8 Å². The average molecular weight is 236 g/mol. The van der Waals surface area contributed by atoms with Crippen molar-refractivity contribution in [2.45, 2.75) is 19.8 Å². The van der Waals surface area contributed by atoms with Gasteiger partial charge in [0, 0.05) is 26.2 Å². The SMILES string of the molecule is C=CCN(CC=C)CC(=O)N1CCC(C)CC1. The maximum Gasteiger partial charge on any atom is 0.236 e. The van der Waals surface area contributed by atoms with Crippen LogP contribution in [-0.4, -0.2) is 48.4 Å². The summed E-state index contributed by atoms with van der Waals surface area (Å²) in [5.74, 6) is 0.997. The smallest absolute Gasteiger partial charge is 0.236 e. The summed E-state index contributed by atoms with van der Waals surface area (Å²) in [5.41, 5.74) is 0. The van der Waals surface area contributed by atoms with Gasteiger partial charge in [-0.25, -0.2) is 0 Å². The monoisotopic (exact) mass is 236 g/mol. The van der Waals surface area contributed by atoms with Crippen molar-refractivity contribution in [2.24, 2.45) is 5.92 Å². The van der Waals surface area contributed by atoms with E-state index in [-0.39, 0.29) is 5.91 Å². The lowest BCUT2D eigenvalue weighted by Crippen LogP contribution is -2.44. The van der Waals surface area contributed by atoms with E-state index in [1.807, 2.05) is 17.1 Å². The molecule has 1 saturated heterocycles. The molecule has 1 heterocycles. The Kier molecular flexibility index (Phi) is 5.98. The van der Waals surface area contributed by atoms with E-state index in [1.165, 1.54) is 0 Å². The second-order valence-corrected chi connectivity index (χ2v) is 4.83. The normalized spacial score (nSPS) is 17.2. The summed E-state index contributed by atoms with van der Waals surface area (Å²) in [7, 11) is 0. The minimum atomic E-state index is 0.237. The molecule has 0 saturated carbocycles. The maximum atomic E-state index is 12.1. The van der Waals surface area contributed by atoms with Crippen LogP contribution in [0.3, 0.4) is 0 Å². The first-order valence-electron chi connectivity index (χ1n) is 6.39. The standard InChI is InChI=1S/C14H24N2O/c1-4-8-15(9-5-2)12-14(17)16-10-6-13(3)7-11-16/h4-5,13H,1-2,6-12H2,3H3. The molecule has 3 nitrogen and oxygen atoms in total. The summed E-state index contributed by atoms with van der Waals surface area (Å²) >= 11 is 0. The number of hydrogen-bond donors (Lipinski definition) is 0. The first kappa shape index (κ1) is 14.0. The van der Waals surface area contributed by atoms with Gasteiger partial charge in [0.1, 0.15) is 0 Å². The second-order valence-electron chi connectivity index (χ2n) is 4.83. The Morgan fingerprint density at radius 2 is 1.82 bits per heavy atom. The third-order valence-corrected chi connectivity index (χ3v) is 3.27. The zero-order valence-electron chi connectivity index (χ0n) is 10.9. The first-order valence-corrected chi connectivity index (χ1v) is 6.39. The van der Waals surface area contributed by atoms with Crippen LogP contribution in [0.4, 0.5) is 0 Å². The molecule has 0 radical (unpaired) electrons. The Hall–Kier alpha value is -1.09. The van der Waals surface area contributed by atoms with Gasteiger partial charge in [0.15, 0.2) is 0 Å². The Balaban J connectivity index is 2.40. The first-order chi connectivity index (χ1) is 8.17. The molecule has 1 aliphatic heterocycles. The van der Waals surface area contributed by atoms with E-state index in [0.717, 1.165) is 44.9 Å². The third kappa shape index (κ3) is 4.73. The Bertz CT molecular complexity index is 257. The number of nitrogens with zero attached hydrogens (tertiary/aromatic N) is 2. The molecule has 1 fully saturated rings. The fourth-order valence-corrected chi connectivity index (χ4v) is 2.12. The van der Waals surface area contributed by atoms with Crippen LogP contribution in [-0.2, 0) is 4.79 Å². The molecule has 0 N–H and O–H groups in total. The number of likely N-dealkylation sites (tertiary alicyclic amines) is 1. The van der Waals surface area contributed by atoms with Gasteiger partial charge in [-0.3, -0.25) is 9.69 Å². The third-order valence-electron chi connectivity index (χ3n) is 3.27. The molecule has 0 atom stereocenters. The van der Waals surface area contributed by atoms with Gasteiger partial charge < -0.3 is 4.90 Å². The van der Waals surface area contributed by atoms with Crippen LogP contribution in [0.25, 0.3) is 0 Å². The highest BCUT2D eigenvalue weighted by Crippen LogP contribution is 2.16. The highest BCUT2D eigenvalue weighted by Gasteiger charge is 2.21. The highest BCUT2D eigenvalue weighted by molar-refractivity contribution is 5.78. The summed E-state index contributed by atoms with van der Waals surface area (Å²) in [6, 6.07) is 0. The summed E-state index contributed by atoms with van der Waals surface area (Å²) < 4.78 is 0. The molecule has 0 unspecified atom stereocenters. The van der Waals surface area contributed by atoms with Crippen LogP contribution < -0.4 is 0 Å². The van der Waals surface area contributed by atoms with E-state index in [2.05, 4.69) is 25.0 Å². The predicted octanol–water partition coefficient (Wildman–Crippen LogP) is 1.92. The minimum absolute atomic E-state index is 0.237. The summed E-state index contributed by atoms with van der Waals surface area (Å²) in [6.45, 7) is 13.5. The topological polar surface area (TPSA) is 23.6 Å². The van der Waals surface area contributed by atoms with E-state index >= 15 is 0 Å². The Labute approximate surface area is 105 Å². The quantitative estimate of drug-likeness (QED) is 0.658. The van der Waals surface area contributed by atoms with Crippen LogP contribution in [0, 0.1) is 5.92 Å². The molecule has 0 aliphatic carbocycles. The molecule has 0 bridgehead atoms. The van der Waals surface area contributed by atoms with Crippen molar-refractivity contribution in [1.29, 1.82) is 0 Å². The van der Waals surface area contributed by atoms with E-state index in [9.17, 15) is 4.79 Å². The van der Waals surface area contributed by atoms with Crippen LogP contribution >= 0.6 is 0 Å². The van der Waals surface area contributed by atoms with E-state index in [4.69, 9.17) is 0 Å². The van der Waals surface area contributed by atoms with Crippen molar-refractivity contribution in [3.8, 4) is 0 Å². The number of amides is 1. The maximum absolute atomic E-state index is 12.1. The fourth-order valence-electron chi connectivity index (χ4n) is 2.12. The van der Waals surface area contributed by atoms with Gasteiger partial charge in [-0.2, -0.15) is 0 Å². The lowest BCUT2D eigenvalue weighted by molar-refractivity contribution is -0.133. The van der Waals surface area contributed by atoms with Gasteiger partial charge in [0.05, 0.1) is 6.54 Å². The van der Waals surface area contributed by atoms with Crippen LogP contribution in [0.5, 0.6) is 0 Å². The fraction of sp³-hybridized carbons (Fsp3) is 0.643. The van der Waals surface area contributed by atoms with Gasteiger partial charge in [0.2, 0.25) is 5.91 Å². The highest BCUT2D eigenvalue weighted by atomic mass is 16.2. The van der Waals surface area contributed by atoms with Crippen molar-refractivity contribution in [1.82, 2.24) is 9.80 Å². The average Bonchev–Trinajstić information content (AvgIpc) is 2.30. The van der Waals surface area contributed by atoms with Gasteiger partial charge in [-0.15, -0.1) is 13.2 Å². The Morgan fingerprint density at radius 3 is 2.29 bits per heavy atom. The molecule has 3 heteroatoms. The lowest BCUT2D eigenvalue weighted by atomic mass is 9.99. The molecule has 1 amide bonds. The molecule has 0 aromatic carbocycles.